The Bertz CT molecular complexity index is 993. The van der Waals surface area contributed by atoms with Crippen molar-refractivity contribution in [2.75, 3.05) is 13.1 Å². The van der Waals surface area contributed by atoms with Gasteiger partial charge in [-0.25, -0.2) is 4.98 Å². The zero-order valence-corrected chi connectivity index (χ0v) is 18.8. The van der Waals surface area contributed by atoms with Crippen LogP contribution < -0.4 is 10.1 Å². The van der Waals surface area contributed by atoms with E-state index in [0.717, 1.165) is 10.6 Å². The van der Waals surface area contributed by atoms with Crippen molar-refractivity contribution >= 4 is 34.8 Å². The smallest absolute Gasteiger partial charge is 0.242 e. The van der Waals surface area contributed by atoms with Crippen LogP contribution in [0.3, 0.4) is 0 Å². The highest BCUT2D eigenvalue weighted by molar-refractivity contribution is 7.09. The van der Waals surface area contributed by atoms with Crippen LogP contribution in [0.15, 0.2) is 60.0 Å². The van der Waals surface area contributed by atoms with Crippen LogP contribution in [-0.4, -0.2) is 34.8 Å². The van der Waals surface area contributed by atoms with E-state index >= 15 is 0 Å². The molecule has 0 aliphatic heterocycles. The fraction of sp³-hybridized carbons (Fsp3) is 0.261. The maximum absolute atomic E-state index is 12.5. The number of ether oxygens (including phenoxy) is 1. The molecule has 0 fully saturated rings. The molecule has 0 spiro atoms. The van der Waals surface area contributed by atoms with Crippen molar-refractivity contribution in [1.82, 2.24) is 15.2 Å². The Hall–Kier alpha value is -2.90. The van der Waals surface area contributed by atoms with Gasteiger partial charge in [0, 0.05) is 23.5 Å². The molecule has 0 radical (unpaired) electrons. The van der Waals surface area contributed by atoms with E-state index in [-0.39, 0.29) is 24.8 Å². The van der Waals surface area contributed by atoms with Crippen LogP contribution in [0, 0.1) is 0 Å². The Morgan fingerprint density at radius 1 is 1.13 bits per heavy atom. The lowest BCUT2D eigenvalue weighted by atomic mass is 10.2. The number of nitrogens with zero attached hydrogens (tertiary/aromatic N) is 2. The van der Waals surface area contributed by atoms with Gasteiger partial charge < -0.3 is 15.0 Å². The third-order valence-electron chi connectivity index (χ3n) is 4.50. The Kier molecular flexibility index (Phi) is 8.44. The number of halogens is 1. The molecule has 0 bridgehead atoms. The zero-order valence-electron chi connectivity index (χ0n) is 17.2. The second kappa shape index (κ2) is 11.5. The fourth-order valence-corrected chi connectivity index (χ4v) is 3.70. The number of hydrogen-bond donors (Lipinski definition) is 1. The highest BCUT2D eigenvalue weighted by atomic mass is 35.5. The Morgan fingerprint density at radius 2 is 1.87 bits per heavy atom. The number of carbonyl (C=O) groups excluding carboxylic acids is 2. The summed E-state index contributed by atoms with van der Waals surface area (Å²) in [6.45, 7) is 3.31. The highest BCUT2D eigenvalue weighted by Crippen LogP contribution is 2.18. The average molecular weight is 458 g/mol. The predicted molar refractivity (Wildman–Crippen MR) is 122 cm³/mol. The van der Waals surface area contributed by atoms with Crippen LogP contribution in [0.25, 0.3) is 0 Å². The van der Waals surface area contributed by atoms with Crippen molar-refractivity contribution in [3.8, 4) is 5.75 Å². The second-order valence-corrected chi connectivity index (χ2v) is 8.20. The van der Waals surface area contributed by atoms with Crippen molar-refractivity contribution in [2.45, 2.75) is 26.5 Å². The van der Waals surface area contributed by atoms with Gasteiger partial charge in [0.25, 0.3) is 0 Å². The normalized spacial score (nSPS) is 10.5. The van der Waals surface area contributed by atoms with E-state index in [2.05, 4.69) is 10.3 Å². The molecule has 0 aliphatic carbocycles. The van der Waals surface area contributed by atoms with Gasteiger partial charge in [-0.05, 0) is 36.8 Å². The van der Waals surface area contributed by atoms with E-state index in [1.165, 1.54) is 11.3 Å². The van der Waals surface area contributed by atoms with Crippen molar-refractivity contribution in [3.05, 3.63) is 81.3 Å². The summed E-state index contributed by atoms with van der Waals surface area (Å²) >= 11 is 7.29. The number of aromatic nitrogens is 1. The average Bonchev–Trinajstić information content (AvgIpc) is 3.23. The molecule has 162 valence electrons. The summed E-state index contributed by atoms with van der Waals surface area (Å²) in [5.74, 6) is 0.350. The lowest BCUT2D eigenvalue weighted by Gasteiger charge is -2.21. The van der Waals surface area contributed by atoms with Gasteiger partial charge in [-0.2, -0.15) is 0 Å². The van der Waals surface area contributed by atoms with Crippen molar-refractivity contribution in [3.63, 3.8) is 0 Å². The highest BCUT2D eigenvalue weighted by Gasteiger charge is 2.14. The largest absolute Gasteiger partial charge is 0.486 e. The molecule has 0 saturated carbocycles. The number of hydrogen-bond acceptors (Lipinski definition) is 5. The van der Waals surface area contributed by atoms with Crippen LogP contribution in [-0.2, 0) is 29.2 Å². The van der Waals surface area contributed by atoms with E-state index in [9.17, 15) is 9.59 Å². The van der Waals surface area contributed by atoms with E-state index in [1.54, 1.807) is 29.2 Å². The van der Waals surface area contributed by atoms with Gasteiger partial charge in [0.1, 0.15) is 17.4 Å². The Labute approximate surface area is 190 Å². The molecule has 0 aliphatic rings. The van der Waals surface area contributed by atoms with Gasteiger partial charge >= 0.3 is 0 Å². The first kappa shape index (κ1) is 22.8. The summed E-state index contributed by atoms with van der Waals surface area (Å²) in [5.41, 5.74) is 1.71. The minimum absolute atomic E-state index is 0.0316. The first-order valence-electron chi connectivity index (χ1n) is 9.93. The molecule has 3 rings (SSSR count). The van der Waals surface area contributed by atoms with Gasteiger partial charge in [-0.1, -0.05) is 41.9 Å². The van der Waals surface area contributed by atoms with E-state index in [1.807, 2.05) is 42.6 Å². The van der Waals surface area contributed by atoms with Crippen molar-refractivity contribution in [1.29, 1.82) is 0 Å². The second-order valence-electron chi connectivity index (χ2n) is 6.82. The van der Waals surface area contributed by atoms with Crippen molar-refractivity contribution < 1.29 is 14.3 Å². The van der Waals surface area contributed by atoms with E-state index in [4.69, 9.17) is 16.3 Å². The number of benzene rings is 2. The summed E-state index contributed by atoms with van der Waals surface area (Å²) in [6, 6.07) is 16.9. The minimum atomic E-state index is -0.236. The van der Waals surface area contributed by atoms with Crippen molar-refractivity contribution in [2.24, 2.45) is 0 Å². The van der Waals surface area contributed by atoms with Gasteiger partial charge in [-0.15, -0.1) is 11.3 Å². The number of amides is 2. The first-order chi connectivity index (χ1) is 15.0. The van der Waals surface area contributed by atoms with E-state index in [0.29, 0.717) is 36.2 Å². The van der Waals surface area contributed by atoms with Crippen LogP contribution in [0.4, 0.5) is 0 Å². The van der Waals surface area contributed by atoms with Gasteiger partial charge in [0.05, 0.1) is 18.7 Å². The first-order valence-corrected chi connectivity index (χ1v) is 11.2. The topological polar surface area (TPSA) is 71.5 Å². The maximum atomic E-state index is 12.5. The summed E-state index contributed by atoms with van der Waals surface area (Å²) in [7, 11) is 0. The van der Waals surface area contributed by atoms with Gasteiger partial charge in [-0.3, -0.25) is 9.59 Å². The summed E-state index contributed by atoms with van der Waals surface area (Å²) in [5, 5.41) is 5.94. The molecule has 31 heavy (non-hydrogen) atoms. The fourth-order valence-electron chi connectivity index (χ4n) is 2.87. The minimum Gasteiger partial charge on any atom is -0.486 e. The van der Waals surface area contributed by atoms with Crippen LogP contribution in [0.5, 0.6) is 5.75 Å². The third kappa shape index (κ3) is 7.38. The molecule has 2 amide bonds. The quantitative estimate of drug-likeness (QED) is 0.498. The van der Waals surface area contributed by atoms with Crippen LogP contribution >= 0.6 is 22.9 Å². The molecule has 0 saturated heterocycles. The molecule has 3 aromatic rings. The Balaban J connectivity index is 1.42. The molecule has 0 atom stereocenters. The molecular formula is C23H24ClN3O3S. The third-order valence-corrected chi connectivity index (χ3v) is 5.63. The van der Waals surface area contributed by atoms with Crippen LogP contribution in [0.1, 0.15) is 23.2 Å². The SMILES string of the molecule is CCN(Cc1ccccc1)C(=O)CNC(=O)Cc1csc(COc2ccc(Cl)cc2)n1. The molecule has 1 heterocycles. The summed E-state index contributed by atoms with van der Waals surface area (Å²) in [6.07, 6.45) is 0.121. The standard InChI is InChI=1S/C23H24ClN3O3S/c1-2-27(14-17-6-4-3-5-7-17)23(29)13-25-21(28)12-19-16-31-22(26-19)15-30-20-10-8-18(24)9-11-20/h3-11,16H,2,12-15H2,1H3,(H,25,28). The van der Waals surface area contributed by atoms with Crippen LogP contribution in [0.2, 0.25) is 5.02 Å². The number of thiazole rings is 1. The number of rotatable bonds is 10. The maximum Gasteiger partial charge on any atom is 0.242 e. The zero-order chi connectivity index (χ0) is 22.1. The molecule has 1 N–H and O–H groups in total. The van der Waals surface area contributed by atoms with Gasteiger partial charge in [0.15, 0.2) is 0 Å². The molecule has 8 heteroatoms. The number of nitrogens with one attached hydrogen (secondary N) is 1. The molecular weight excluding hydrogens is 434 g/mol. The monoisotopic (exact) mass is 457 g/mol. The number of likely N-dealkylation sites (N-methyl/N-ethyl adjacent to an activating group) is 1. The van der Waals surface area contributed by atoms with E-state index < -0.39 is 0 Å². The molecule has 2 aromatic carbocycles. The summed E-state index contributed by atoms with van der Waals surface area (Å²) in [4.78, 5) is 30.8. The molecule has 0 unspecified atom stereocenters. The molecule has 6 nitrogen and oxygen atoms in total. The lowest BCUT2D eigenvalue weighted by Crippen LogP contribution is -2.40. The predicted octanol–water partition coefficient (Wildman–Crippen LogP) is 4.08. The Morgan fingerprint density at radius 3 is 2.58 bits per heavy atom. The summed E-state index contributed by atoms with van der Waals surface area (Å²) < 4.78 is 5.67. The number of carbonyl (C=O) groups is 2. The lowest BCUT2D eigenvalue weighted by molar-refractivity contribution is -0.133. The molecule has 1 aromatic heterocycles. The van der Waals surface area contributed by atoms with Gasteiger partial charge in [0.2, 0.25) is 11.8 Å².